The number of rotatable bonds is 6. The first-order valence-electron chi connectivity index (χ1n) is 7.65. The monoisotopic (exact) mass is 355 g/mol. The van der Waals surface area contributed by atoms with E-state index < -0.39 is 17.6 Å². The number of halogens is 1. The fourth-order valence-corrected chi connectivity index (χ4v) is 2.07. The summed E-state index contributed by atoms with van der Waals surface area (Å²) in [7, 11) is 0. The van der Waals surface area contributed by atoms with Crippen molar-refractivity contribution < 1.29 is 18.5 Å². The molecule has 0 bridgehead atoms. The molecule has 3 rings (SSSR count). The number of hydrogen-bond acceptors (Lipinski definition) is 6. The lowest BCUT2D eigenvalue weighted by Gasteiger charge is -2.05. The van der Waals surface area contributed by atoms with E-state index in [0.717, 1.165) is 11.6 Å². The summed E-state index contributed by atoms with van der Waals surface area (Å²) in [5.74, 6) is -0.906. The molecule has 0 saturated carbocycles. The number of amides is 2. The van der Waals surface area contributed by atoms with Gasteiger partial charge in [-0.05, 0) is 30.3 Å². The van der Waals surface area contributed by atoms with Crippen molar-refractivity contribution in [2.24, 2.45) is 0 Å². The van der Waals surface area contributed by atoms with E-state index >= 15 is 0 Å². The van der Waals surface area contributed by atoms with E-state index in [1.807, 2.05) is 0 Å². The van der Waals surface area contributed by atoms with Gasteiger partial charge in [-0.3, -0.25) is 14.6 Å². The summed E-state index contributed by atoms with van der Waals surface area (Å²) in [6.45, 7) is -0.243. The Morgan fingerprint density at radius 1 is 1.12 bits per heavy atom. The molecule has 0 spiro atoms. The zero-order chi connectivity index (χ0) is 18.4. The lowest BCUT2D eigenvalue weighted by molar-refractivity contribution is -0.120. The van der Waals surface area contributed by atoms with Crippen LogP contribution in [0.5, 0.6) is 0 Å². The molecule has 0 aliphatic heterocycles. The first-order valence-corrected chi connectivity index (χ1v) is 7.65. The molecule has 1 aromatic carbocycles. The molecule has 0 saturated heterocycles. The molecule has 2 aromatic heterocycles. The summed E-state index contributed by atoms with van der Waals surface area (Å²) >= 11 is 0. The van der Waals surface area contributed by atoms with Crippen LogP contribution < -0.4 is 10.6 Å². The molecule has 2 amide bonds. The molecule has 8 nitrogen and oxygen atoms in total. The average molecular weight is 355 g/mol. The zero-order valence-electron chi connectivity index (χ0n) is 13.5. The normalized spacial score (nSPS) is 10.3. The van der Waals surface area contributed by atoms with Crippen molar-refractivity contribution in [2.45, 2.75) is 6.54 Å². The maximum absolute atomic E-state index is 13.1. The van der Waals surface area contributed by atoms with Crippen molar-refractivity contribution in [1.82, 2.24) is 25.8 Å². The molecule has 9 heteroatoms. The minimum absolute atomic E-state index is 0.0206. The quantitative estimate of drug-likeness (QED) is 0.690. The number of nitrogens with zero attached hydrogens (tertiary/aromatic N) is 3. The second-order valence-corrected chi connectivity index (χ2v) is 5.22. The largest absolute Gasteiger partial charge is 0.345 e. The fraction of sp³-hybridized carbons (Fsp3) is 0.118. The predicted octanol–water partition coefficient (Wildman–Crippen LogP) is 1.32. The third-order valence-corrected chi connectivity index (χ3v) is 3.34. The van der Waals surface area contributed by atoms with Crippen LogP contribution in [0.15, 0.2) is 53.3 Å². The van der Waals surface area contributed by atoms with Crippen molar-refractivity contribution in [3.05, 3.63) is 66.1 Å². The van der Waals surface area contributed by atoms with Crippen LogP contribution in [-0.4, -0.2) is 33.5 Å². The van der Waals surface area contributed by atoms with Crippen LogP contribution in [0.2, 0.25) is 0 Å². The minimum Gasteiger partial charge on any atom is -0.345 e. The lowest BCUT2D eigenvalue weighted by atomic mass is 10.2. The van der Waals surface area contributed by atoms with Crippen LogP contribution in [0, 0.1) is 5.82 Å². The molecular weight excluding hydrogens is 341 g/mol. The summed E-state index contributed by atoms with van der Waals surface area (Å²) in [6, 6.07) is 8.65. The van der Waals surface area contributed by atoms with E-state index in [0.29, 0.717) is 5.82 Å². The smallest absolute Gasteiger partial charge is 0.251 e. The first kappa shape index (κ1) is 17.2. The molecule has 0 aliphatic rings. The average Bonchev–Trinajstić information content (AvgIpc) is 3.14. The number of benzene rings is 1. The van der Waals surface area contributed by atoms with Gasteiger partial charge in [0.1, 0.15) is 5.82 Å². The Kier molecular flexibility index (Phi) is 5.28. The Labute approximate surface area is 147 Å². The number of aromatic nitrogens is 3. The molecule has 0 radical (unpaired) electrons. The van der Waals surface area contributed by atoms with Crippen LogP contribution in [-0.2, 0) is 11.3 Å². The van der Waals surface area contributed by atoms with Gasteiger partial charge in [0.15, 0.2) is 0 Å². The highest BCUT2D eigenvalue weighted by Crippen LogP contribution is 2.13. The van der Waals surface area contributed by atoms with Gasteiger partial charge in [0.25, 0.3) is 5.91 Å². The Morgan fingerprint density at radius 2 is 1.92 bits per heavy atom. The van der Waals surface area contributed by atoms with Gasteiger partial charge in [-0.2, -0.15) is 4.98 Å². The molecule has 0 atom stereocenters. The molecular formula is C17H14FN5O3. The van der Waals surface area contributed by atoms with Crippen molar-refractivity contribution in [3.8, 4) is 11.4 Å². The highest BCUT2D eigenvalue weighted by Gasteiger charge is 2.11. The van der Waals surface area contributed by atoms with Gasteiger partial charge in [-0.25, -0.2) is 4.39 Å². The SMILES string of the molecule is O=C(CNC(=O)c1cccc(F)c1)NCc1nc(-c2ccncc2)no1. The molecule has 3 aromatic rings. The summed E-state index contributed by atoms with van der Waals surface area (Å²) < 4.78 is 18.1. The number of nitrogens with one attached hydrogen (secondary N) is 2. The third kappa shape index (κ3) is 4.47. The van der Waals surface area contributed by atoms with E-state index in [-0.39, 0.29) is 24.5 Å². The Morgan fingerprint density at radius 3 is 2.69 bits per heavy atom. The van der Waals surface area contributed by atoms with Gasteiger partial charge < -0.3 is 15.2 Å². The molecule has 0 fully saturated rings. The molecule has 2 N–H and O–H groups in total. The molecule has 0 aliphatic carbocycles. The van der Waals surface area contributed by atoms with Crippen LogP contribution in [0.3, 0.4) is 0 Å². The second kappa shape index (κ2) is 7.97. The molecule has 132 valence electrons. The standard InChI is InChI=1S/C17H14FN5O3/c18-13-3-1-2-12(8-13)17(25)21-9-14(24)20-10-15-22-16(23-26-15)11-4-6-19-7-5-11/h1-8H,9-10H2,(H,20,24)(H,21,25). The van der Waals surface area contributed by atoms with E-state index in [9.17, 15) is 14.0 Å². The van der Waals surface area contributed by atoms with E-state index in [2.05, 4.69) is 25.8 Å². The second-order valence-electron chi connectivity index (χ2n) is 5.22. The summed E-state index contributed by atoms with van der Waals surface area (Å²) in [4.78, 5) is 31.7. The predicted molar refractivity (Wildman–Crippen MR) is 88.1 cm³/mol. The number of hydrogen-bond donors (Lipinski definition) is 2. The zero-order valence-corrected chi connectivity index (χ0v) is 13.5. The number of pyridine rings is 1. The van der Waals surface area contributed by atoms with Crippen molar-refractivity contribution >= 4 is 11.8 Å². The third-order valence-electron chi connectivity index (χ3n) is 3.34. The van der Waals surface area contributed by atoms with Gasteiger partial charge >= 0.3 is 0 Å². The van der Waals surface area contributed by atoms with Crippen LogP contribution in [0.1, 0.15) is 16.2 Å². The van der Waals surface area contributed by atoms with Gasteiger partial charge in [0, 0.05) is 23.5 Å². The van der Waals surface area contributed by atoms with Gasteiger partial charge in [-0.1, -0.05) is 11.2 Å². The fourth-order valence-electron chi connectivity index (χ4n) is 2.07. The van der Waals surface area contributed by atoms with E-state index in [4.69, 9.17) is 4.52 Å². The highest BCUT2D eigenvalue weighted by atomic mass is 19.1. The van der Waals surface area contributed by atoms with Crippen LogP contribution in [0.25, 0.3) is 11.4 Å². The molecule has 26 heavy (non-hydrogen) atoms. The van der Waals surface area contributed by atoms with Gasteiger partial charge in [0.2, 0.25) is 17.6 Å². The number of carbonyl (C=O) groups excluding carboxylic acids is 2. The summed E-state index contributed by atoms with van der Waals surface area (Å²) in [5.41, 5.74) is 0.875. The van der Waals surface area contributed by atoms with Crippen LogP contribution >= 0.6 is 0 Å². The van der Waals surface area contributed by atoms with Crippen LogP contribution in [0.4, 0.5) is 4.39 Å². The van der Waals surface area contributed by atoms with Gasteiger partial charge in [-0.15, -0.1) is 0 Å². The Bertz CT molecular complexity index is 914. The summed E-state index contributed by atoms with van der Waals surface area (Å²) in [6.07, 6.45) is 3.21. The number of carbonyl (C=O) groups is 2. The van der Waals surface area contributed by atoms with E-state index in [1.54, 1.807) is 24.5 Å². The first-order chi connectivity index (χ1) is 12.6. The van der Waals surface area contributed by atoms with Gasteiger partial charge in [0.05, 0.1) is 13.1 Å². The summed E-state index contributed by atoms with van der Waals surface area (Å²) in [5, 5.41) is 8.76. The van der Waals surface area contributed by atoms with Crippen molar-refractivity contribution in [2.75, 3.05) is 6.54 Å². The Hall–Kier alpha value is -3.62. The Balaban J connectivity index is 1.47. The highest BCUT2D eigenvalue weighted by molar-refractivity contribution is 5.96. The lowest BCUT2D eigenvalue weighted by Crippen LogP contribution is -2.36. The van der Waals surface area contributed by atoms with E-state index in [1.165, 1.54) is 18.2 Å². The maximum atomic E-state index is 13.1. The maximum Gasteiger partial charge on any atom is 0.251 e. The minimum atomic E-state index is -0.544. The molecule has 0 unspecified atom stereocenters. The van der Waals surface area contributed by atoms with Crippen molar-refractivity contribution in [1.29, 1.82) is 0 Å². The molecule has 2 heterocycles. The van der Waals surface area contributed by atoms with Crippen molar-refractivity contribution in [3.63, 3.8) is 0 Å². The topological polar surface area (TPSA) is 110 Å².